The molecule has 0 radical (unpaired) electrons. The van der Waals surface area contributed by atoms with Crippen molar-refractivity contribution in [2.45, 2.75) is 32.2 Å². The van der Waals surface area contributed by atoms with Gasteiger partial charge >= 0.3 is 0 Å². The van der Waals surface area contributed by atoms with Gasteiger partial charge in [-0.1, -0.05) is 6.42 Å². The number of halogens is 1. The quantitative estimate of drug-likeness (QED) is 0.871. The summed E-state index contributed by atoms with van der Waals surface area (Å²) >= 11 is 0. The second-order valence-corrected chi connectivity index (χ2v) is 5.65. The Morgan fingerprint density at radius 1 is 1.23 bits per heavy atom. The molecule has 1 fully saturated rings. The Bertz CT molecular complexity index is 519. The molecular weight excluding hydrogens is 285 g/mol. The predicted octanol–water partition coefficient (Wildman–Crippen LogP) is 1.75. The van der Waals surface area contributed by atoms with Crippen LogP contribution in [0.2, 0.25) is 0 Å². The summed E-state index contributed by atoms with van der Waals surface area (Å²) in [6.07, 6.45) is 3.43. The average molecular weight is 307 g/mol. The van der Waals surface area contributed by atoms with Gasteiger partial charge in [-0.15, -0.1) is 0 Å². The smallest absolute Gasteiger partial charge is 0.243 e. The highest BCUT2D eigenvalue weighted by Gasteiger charge is 2.20. The molecule has 1 saturated heterocycles. The SMILES string of the molecule is C[C@H]1CCCCN1CC(=O)NCC(=O)Nc1ccc(F)cc1. The first kappa shape index (κ1) is 16.4. The highest BCUT2D eigenvalue weighted by atomic mass is 19.1. The molecule has 0 saturated carbocycles. The minimum atomic E-state index is -0.359. The number of piperidine rings is 1. The number of likely N-dealkylation sites (tertiary alicyclic amines) is 1. The summed E-state index contributed by atoms with van der Waals surface area (Å²) < 4.78 is 12.8. The monoisotopic (exact) mass is 307 g/mol. The first-order chi connectivity index (χ1) is 10.5. The molecule has 0 unspecified atom stereocenters. The van der Waals surface area contributed by atoms with E-state index in [1.54, 1.807) is 0 Å². The molecule has 2 rings (SSSR count). The van der Waals surface area contributed by atoms with E-state index >= 15 is 0 Å². The third-order valence-corrected chi connectivity index (χ3v) is 3.86. The molecule has 1 heterocycles. The van der Waals surface area contributed by atoms with Crippen molar-refractivity contribution in [3.63, 3.8) is 0 Å². The zero-order valence-corrected chi connectivity index (χ0v) is 12.8. The summed E-state index contributed by atoms with van der Waals surface area (Å²) in [4.78, 5) is 25.7. The maximum Gasteiger partial charge on any atom is 0.243 e. The molecule has 1 aromatic carbocycles. The van der Waals surface area contributed by atoms with Crippen molar-refractivity contribution in [1.29, 1.82) is 0 Å². The van der Waals surface area contributed by atoms with Crippen LogP contribution in [0, 0.1) is 5.82 Å². The van der Waals surface area contributed by atoms with Crippen LogP contribution in [0.1, 0.15) is 26.2 Å². The molecule has 2 N–H and O–H groups in total. The Balaban J connectivity index is 1.71. The minimum absolute atomic E-state index is 0.0849. The number of nitrogens with zero attached hydrogens (tertiary/aromatic N) is 1. The van der Waals surface area contributed by atoms with Gasteiger partial charge in [0.1, 0.15) is 5.82 Å². The molecule has 0 bridgehead atoms. The number of benzene rings is 1. The summed E-state index contributed by atoms with van der Waals surface area (Å²) in [5.41, 5.74) is 0.505. The molecular formula is C16H22FN3O2. The van der Waals surface area contributed by atoms with Crippen LogP contribution >= 0.6 is 0 Å². The highest BCUT2D eigenvalue weighted by Crippen LogP contribution is 2.15. The molecule has 120 valence electrons. The van der Waals surface area contributed by atoms with Gasteiger partial charge in [-0.25, -0.2) is 4.39 Å². The lowest BCUT2D eigenvalue weighted by Gasteiger charge is -2.32. The van der Waals surface area contributed by atoms with Crippen molar-refractivity contribution < 1.29 is 14.0 Å². The molecule has 2 amide bonds. The van der Waals surface area contributed by atoms with E-state index in [1.807, 2.05) is 0 Å². The van der Waals surface area contributed by atoms with E-state index in [0.717, 1.165) is 19.4 Å². The van der Waals surface area contributed by atoms with Crippen molar-refractivity contribution >= 4 is 17.5 Å². The largest absolute Gasteiger partial charge is 0.346 e. The molecule has 5 nitrogen and oxygen atoms in total. The third kappa shape index (κ3) is 5.11. The van der Waals surface area contributed by atoms with Crippen molar-refractivity contribution in [2.75, 3.05) is 25.0 Å². The second-order valence-electron chi connectivity index (χ2n) is 5.65. The Kier molecular flexibility index (Phi) is 5.89. The number of nitrogens with one attached hydrogen (secondary N) is 2. The van der Waals surface area contributed by atoms with Crippen molar-refractivity contribution in [3.05, 3.63) is 30.1 Å². The van der Waals surface area contributed by atoms with Gasteiger partial charge in [-0.3, -0.25) is 14.5 Å². The van der Waals surface area contributed by atoms with Crippen molar-refractivity contribution in [3.8, 4) is 0 Å². The molecule has 0 aliphatic carbocycles. The number of hydrogen-bond donors (Lipinski definition) is 2. The fourth-order valence-corrected chi connectivity index (χ4v) is 2.55. The van der Waals surface area contributed by atoms with Crippen LogP contribution in [0.5, 0.6) is 0 Å². The predicted molar refractivity (Wildman–Crippen MR) is 82.9 cm³/mol. The first-order valence-electron chi connectivity index (χ1n) is 7.61. The Labute approximate surface area is 129 Å². The van der Waals surface area contributed by atoms with E-state index in [4.69, 9.17) is 0 Å². The second kappa shape index (κ2) is 7.89. The number of carbonyl (C=O) groups excluding carboxylic acids is 2. The molecule has 0 aromatic heterocycles. The lowest BCUT2D eigenvalue weighted by atomic mass is 10.0. The number of rotatable bonds is 5. The van der Waals surface area contributed by atoms with E-state index in [9.17, 15) is 14.0 Å². The zero-order chi connectivity index (χ0) is 15.9. The van der Waals surface area contributed by atoms with E-state index in [-0.39, 0.29) is 24.2 Å². The van der Waals surface area contributed by atoms with Crippen LogP contribution < -0.4 is 10.6 Å². The number of amides is 2. The van der Waals surface area contributed by atoms with Crippen LogP contribution in [0.3, 0.4) is 0 Å². The molecule has 1 aromatic rings. The maximum absolute atomic E-state index is 12.8. The van der Waals surface area contributed by atoms with Gasteiger partial charge in [0.05, 0.1) is 13.1 Å². The van der Waals surface area contributed by atoms with Gasteiger partial charge in [-0.05, 0) is 50.6 Å². The molecule has 0 spiro atoms. The number of anilines is 1. The van der Waals surface area contributed by atoms with Crippen LogP contribution in [0.15, 0.2) is 24.3 Å². The van der Waals surface area contributed by atoms with Crippen molar-refractivity contribution in [2.24, 2.45) is 0 Å². The fraction of sp³-hybridized carbons (Fsp3) is 0.500. The van der Waals surface area contributed by atoms with Crippen molar-refractivity contribution in [1.82, 2.24) is 10.2 Å². The average Bonchev–Trinajstić information content (AvgIpc) is 2.50. The summed E-state index contributed by atoms with van der Waals surface area (Å²) in [6.45, 7) is 3.29. The lowest BCUT2D eigenvalue weighted by Crippen LogP contribution is -2.45. The number of hydrogen-bond acceptors (Lipinski definition) is 3. The topological polar surface area (TPSA) is 61.4 Å². The summed E-state index contributed by atoms with van der Waals surface area (Å²) in [7, 11) is 0. The lowest BCUT2D eigenvalue weighted by molar-refractivity contribution is -0.125. The Morgan fingerprint density at radius 3 is 2.64 bits per heavy atom. The fourth-order valence-electron chi connectivity index (χ4n) is 2.55. The standard InChI is InChI=1S/C16H22FN3O2/c1-12-4-2-3-9-20(12)11-16(22)18-10-15(21)19-14-7-5-13(17)6-8-14/h5-8,12H,2-4,9-11H2,1H3,(H,18,22)(H,19,21)/t12-/m0/s1. The maximum atomic E-state index is 12.8. The normalized spacial score (nSPS) is 18.7. The molecule has 1 atom stereocenters. The van der Waals surface area contributed by atoms with E-state index in [0.29, 0.717) is 18.3 Å². The highest BCUT2D eigenvalue weighted by molar-refractivity contribution is 5.94. The van der Waals surface area contributed by atoms with Gasteiger partial charge < -0.3 is 10.6 Å². The van der Waals surface area contributed by atoms with Gasteiger partial charge in [0.15, 0.2) is 0 Å². The molecule has 6 heteroatoms. The molecule has 22 heavy (non-hydrogen) atoms. The van der Waals surface area contributed by atoms with Crippen LogP contribution in [-0.4, -0.2) is 42.4 Å². The summed E-state index contributed by atoms with van der Waals surface area (Å²) in [6, 6.07) is 5.90. The van der Waals surface area contributed by atoms with Gasteiger partial charge in [-0.2, -0.15) is 0 Å². The van der Waals surface area contributed by atoms with Gasteiger partial charge in [0.2, 0.25) is 11.8 Å². The number of carbonyl (C=O) groups is 2. The Morgan fingerprint density at radius 2 is 1.95 bits per heavy atom. The molecule has 1 aliphatic rings. The first-order valence-corrected chi connectivity index (χ1v) is 7.61. The van der Waals surface area contributed by atoms with Crippen LogP contribution in [0.25, 0.3) is 0 Å². The third-order valence-electron chi connectivity index (χ3n) is 3.86. The van der Waals surface area contributed by atoms with E-state index < -0.39 is 0 Å². The minimum Gasteiger partial charge on any atom is -0.346 e. The van der Waals surface area contributed by atoms with Gasteiger partial charge in [0, 0.05) is 11.7 Å². The van der Waals surface area contributed by atoms with Crippen LogP contribution in [0.4, 0.5) is 10.1 Å². The van der Waals surface area contributed by atoms with E-state index in [2.05, 4.69) is 22.5 Å². The summed E-state index contributed by atoms with van der Waals surface area (Å²) in [5, 5.41) is 5.22. The van der Waals surface area contributed by atoms with Crippen LogP contribution in [-0.2, 0) is 9.59 Å². The zero-order valence-electron chi connectivity index (χ0n) is 12.8. The molecule has 1 aliphatic heterocycles. The summed E-state index contributed by atoms with van der Waals surface area (Å²) in [5.74, 6) is -0.836. The van der Waals surface area contributed by atoms with E-state index in [1.165, 1.54) is 30.7 Å². The van der Waals surface area contributed by atoms with Gasteiger partial charge in [0.25, 0.3) is 0 Å². The Hall–Kier alpha value is -1.95.